The molecule has 2 amide bonds. The molecule has 0 saturated carbocycles. The van der Waals surface area contributed by atoms with Crippen molar-refractivity contribution in [3.8, 4) is 0 Å². The molecule has 0 heterocycles. The Hall–Kier alpha value is -1.08. The Kier molecular flexibility index (Phi) is 4.31. The van der Waals surface area contributed by atoms with E-state index in [4.69, 9.17) is 10.2 Å². The maximum Gasteiger partial charge on any atom is 0.421 e. The summed E-state index contributed by atoms with van der Waals surface area (Å²) in [7, 11) is 0. The average Bonchev–Trinajstić information content (AvgIpc) is 2.19. The minimum absolute atomic E-state index is 0.0738. The maximum absolute atomic E-state index is 10.8. The van der Waals surface area contributed by atoms with Gasteiger partial charge in [0.15, 0.2) is 0 Å². The zero-order valence-corrected chi connectivity index (χ0v) is 11.0. The van der Waals surface area contributed by atoms with Crippen molar-refractivity contribution >= 4 is 49.7 Å². The monoisotopic (exact) mass is 351 g/mol. The summed E-state index contributed by atoms with van der Waals surface area (Å²) in [4.78, 5) is 21.8. The van der Waals surface area contributed by atoms with Gasteiger partial charge in [-0.3, -0.25) is 0 Å². The van der Waals surface area contributed by atoms with Gasteiger partial charge in [-0.2, -0.15) is 4.90 Å². The summed E-state index contributed by atoms with van der Waals surface area (Å²) in [5.74, 6) is 0. The van der Waals surface area contributed by atoms with Crippen molar-refractivity contribution in [3.63, 3.8) is 0 Å². The van der Waals surface area contributed by atoms with Crippen LogP contribution < -0.4 is 4.90 Å². The molecule has 0 unspecified atom stereocenters. The summed E-state index contributed by atoms with van der Waals surface area (Å²) < 4.78 is 0.411. The molecule has 0 fully saturated rings. The zero-order chi connectivity index (χ0) is 12.3. The Morgan fingerprint density at radius 1 is 1.25 bits per heavy atom. The molecule has 0 saturated heterocycles. The minimum Gasteiger partial charge on any atom is -0.464 e. The molecular weight excluding hydrogens is 346 g/mol. The number of rotatable bonds is 2. The van der Waals surface area contributed by atoms with E-state index in [1.807, 2.05) is 0 Å². The molecule has 0 spiro atoms. The van der Waals surface area contributed by atoms with Gasteiger partial charge in [0.2, 0.25) is 0 Å². The molecule has 0 aromatic heterocycles. The number of imide groups is 1. The molecule has 7 heteroatoms. The van der Waals surface area contributed by atoms with Gasteiger partial charge >= 0.3 is 12.2 Å². The molecule has 5 nitrogen and oxygen atoms in total. The Labute approximate surface area is 108 Å². The van der Waals surface area contributed by atoms with Gasteiger partial charge < -0.3 is 10.2 Å². The molecule has 1 aromatic rings. The van der Waals surface area contributed by atoms with E-state index < -0.39 is 12.2 Å². The van der Waals surface area contributed by atoms with Crippen LogP contribution in [-0.2, 0) is 5.33 Å². The van der Waals surface area contributed by atoms with E-state index in [1.54, 1.807) is 12.1 Å². The molecule has 2 N–H and O–H groups in total. The first-order chi connectivity index (χ1) is 7.47. The lowest BCUT2D eigenvalue weighted by Crippen LogP contribution is -2.34. The van der Waals surface area contributed by atoms with Gasteiger partial charge in [-0.1, -0.05) is 22.0 Å². The normalized spacial score (nSPS) is 9.88. The second kappa shape index (κ2) is 5.31. The number of amides is 2. The number of carbonyl (C=O) groups is 2. The number of benzene rings is 1. The van der Waals surface area contributed by atoms with Crippen LogP contribution in [0.25, 0.3) is 0 Å². The van der Waals surface area contributed by atoms with E-state index in [0.29, 0.717) is 9.80 Å². The maximum atomic E-state index is 10.8. The quantitative estimate of drug-likeness (QED) is 0.798. The minimum atomic E-state index is -1.54. The third-order valence-corrected chi connectivity index (χ3v) is 3.07. The topological polar surface area (TPSA) is 77.8 Å². The second-order valence-electron chi connectivity index (χ2n) is 2.82. The Morgan fingerprint density at radius 3 is 2.19 bits per heavy atom. The van der Waals surface area contributed by atoms with Crippen molar-refractivity contribution in [2.24, 2.45) is 0 Å². The first-order valence-corrected chi connectivity index (χ1v) is 5.99. The van der Waals surface area contributed by atoms with E-state index in [9.17, 15) is 9.59 Å². The highest BCUT2D eigenvalue weighted by Gasteiger charge is 2.24. The van der Waals surface area contributed by atoms with Gasteiger partial charge in [0.25, 0.3) is 0 Å². The number of hydrogen-bond acceptors (Lipinski definition) is 2. The number of carboxylic acid groups (broad SMARTS) is 2. The molecule has 0 atom stereocenters. The number of anilines is 1. The van der Waals surface area contributed by atoms with Gasteiger partial charge in [-0.25, -0.2) is 9.59 Å². The zero-order valence-electron chi connectivity index (χ0n) is 7.85. The van der Waals surface area contributed by atoms with Crippen LogP contribution in [0.3, 0.4) is 0 Å². The Balaban J connectivity index is 3.20. The van der Waals surface area contributed by atoms with E-state index in [1.165, 1.54) is 6.07 Å². The molecule has 86 valence electrons. The van der Waals surface area contributed by atoms with Crippen LogP contribution in [0.15, 0.2) is 22.7 Å². The van der Waals surface area contributed by atoms with Gasteiger partial charge in [-0.05, 0) is 33.6 Å². The lowest BCUT2D eigenvalue weighted by molar-refractivity contribution is 0.184. The third-order valence-electron chi connectivity index (χ3n) is 1.79. The molecule has 0 bridgehead atoms. The first-order valence-electron chi connectivity index (χ1n) is 4.07. The van der Waals surface area contributed by atoms with Crippen molar-refractivity contribution in [2.75, 3.05) is 4.90 Å². The van der Waals surface area contributed by atoms with Gasteiger partial charge in [0.05, 0.1) is 5.69 Å². The molecule has 0 aliphatic rings. The van der Waals surface area contributed by atoms with Crippen LogP contribution in [0.2, 0.25) is 0 Å². The smallest absolute Gasteiger partial charge is 0.421 e. The van der Waals surface area contributed by atoms with E-state index in [0.717, 1.165) is 5.56 Å². The number of halogens is 2. The second-order valence-corrected chi connectivity index (χ2v) is 4.24. The fourth-order valence-corrected chi connectivity index (χ4v) is 2.06. The van der Waals surface area contributed by atoms with Crippen molar-refractivity contribution < 1.29 is 19.8 Å². The summed E-state index contributed by atoms with van der Waals surface area (Å²) in [5.41, 5.74) is 0.982. The molecule has 0 aliphatic carbocycles. The van der Waals surface area contributed by atoms with Crippen LogP contribution in [0.5, 0.6) is 0 Å². The molecule has 1 aromatic carbocycles. The predicted octanol–water partition coefficient (Wildman–Crippen LogP) is 3.51. The summed E-state index contributed by atoms with van der Waals surface area (Å²) in [5, 5.41) is 18.1. The van der Waals surface area contributed by atoms with Crippen LogP contribution in [-0.4, -0.2) is 22.4 Å². The standard InChI is InChI=1S/C9H7Br2NO4/c10-4-5-1-2-7(6(11)3-5)12(8(13)14)9(15)16/h1-3H,4H2,(H,13,14)(H,15,16). The van der Waals surface area contributed by atoms with E-state index >= 15 is 0 Å². The Bertz CT molecular complexity index is 422. The lowest BCUT2D eigenvalue weighted by Gasteiger charge is -2.15. The summed E-state index contributed by atoms with van der Waals surface area (Å²) in [6.45, 7) is 0. The molecule has 1 rings (SSSR count). The highest BCUT2D eigenvalue weighted by molar-refractivity contribution is 9.10. The summed E-state index contributed by atoms with van der Waals surface area (Å²) >= 11 is 6.38. The van der Waals surface area contributed by atoms with Crippen LogP contribution in [0.1, 0.15) is 5.56 Å². The van der Waals surface area contributed by atoms with Crippen molar-refractivity contribution in [1.82, 2.24) is 0 Å². The molecular formula is C9H7Br2NO4. The van der Waals surface area contributed by atoms with Crippen molar-refractivity contribution in [3.05, 3.63) is 28.2 Å². The fraction of sp³-hybridized carbons (Fsp3) is 0.111. The van der Waals surface area contributed by atoms with Crippen LogP contribution in [0.4, 0.5) is 15.3 Å². The highest BCUT2D eigenvalue weighted by atomic mass is 79.9. The summed E-state index contributed by atoms with van der Waals surface area (Å²) in [6, 6.07) is 4.74. The SMILES string of the molecule is O=C(O)N(C(=O)O)c1ccc(CBr)cc1Br. The number of hydrogen-bond donors (Lipinski definition) is 2. The first kappa shape index (κ1) is 13.0. The van der Waals surface area contributed by atoms with Crippen molar-refractivity contribution in [2.45, 2.75) is 5.33 Å². The van der Waals surface area contributed by atoms with Gasteiger partial charge in [-0.15, -0.1) is 0 Å². The fourth-order valence-electron chi connectivity index (χ4n) is 1.10. The largest absolute Gasteiger partial charge is 0.464 e. The van der Waals surface area contributed by atoms with Gasteiger partial charge in [0.1, 0.15) is 0 Å². The van der Waals surface area contributed by atoms with E-state index in [2.05, 4.69) is 31.9 Å². The van der Waals surface area contributed by atoms with Gasteiger partial charge in [0, 0.05) is 9.80 Å². The summed E-state index contributed by atoms with van der Waals surface area (Å²) in [6.07, 6.45) is -3.08. The van der Waals surface area contributed by atoms with E-state index in [-0.39, 0.29) is 10.6 Å². The number of nitrogens with zero attached hydrogens (tertiary/aromatic N) is 1. The lowest BCUT2D eigenvalue weighted by atomic mass is 10.2. The van der Waals surface area contributed by atoms with Crippen LogP contribution in [0, 0.1) is 0 Å². The molecule has 0 aliphatic heterocycles. The molecule has 16 heavy (non-hydrogen) atoms. The Morgan fingerprint density at radius 2 is 1.81 bits per heavy atom. The average molecular weight is 353 g/mol. The third kappa shape index (κ3) is 2.73. The van der Waals surface area contributed by atoms with Crippen molar-refractivity contribution in [1.29, 1.82) is 0 Å². The molecule has 0 radical (unpaired) electrons. The highest BCUT2D eigenvalue weighted by Crippen LogP contribution is 2.28. The van der Waals surface area contributed by atoms with Crippen LogP contribution >= 0.6 is 31.9 Å². The predicted molar refractivity (Wildman–Crippen MR) is 65.3 cm³/mol. The number of alkyl halides is 1.